The summed E-state index contributed by atoms with van der Waals surface area (Å²) in [5.41, 5.74) is 16.6. The van der Waals surface area contributed by atoms with E-state index in [1.165, 1.54) is 52.0 Å². The van der Waals surface area contributed by atoms with E-state index in [1.54, 1.807) is 0 Å². The molecular weight excluding hydrogens is 659 g/mol. The smallest absolute Gasteiger partial charge is 0.169 e. The molecule has 6 heteroatoms. The molecule has 5 nitrogen and oxygen atoms in total. The maximum Gasteiger partial charge on any atom is 0.169 e. The van der Waals surface area contributed by atoms with Gasteiger partial charge in [-0.3, -0.25) is 0 Å². The Bertz CT molecular complexity index is 2350. The van der Waals surface area contributed by atoms with Crippen LogP contribution in [0.25, 0.3) is 27.5 Å². The SMILES string of the molecule is CC1CC2=C(C=C1c1cccc3c1OC1C#CC=CC31)C1CC(/C(N)=N/C(NC=C3CCCCC3)c3ccc4c(c3)oc3ccccc34)C=CC1S2. The molecule has 1 saturated carbocycles. The summed E-state index contributed by atoms with van der Waals surface area (Å²) in [6.45, 7) is 2.36. The lowest BCUT2D eigenvalue weighted by Crippen LogP contribution is -2.31. The van der Waals surface area contributed by atoms with E-state index in [1.807, 2.05) is 18.2 Å². The summed E-state index contributed by atoms with van der Waals surface area (Å²) in [4.78, 5) is 6.79. The van der Waals surface area contributed by atoms with Crippen LogP contribution < -0.4 is 15.8 Å². The number of amidine groups is 1. The maximum absolute atomic E-state index is 7.02. The first-order chi connectivity index (χ1) is 25.6. The zero-order valence-electron chi connectivity index (χ0n) is 29.5. The number of rotatable bonds is 6. The Balaban J connectivity index is 0.947. The molecule has 3 N–H and O–H groups in total. The van der Waals surface area contributed by atoms with Crippen molar-refractivity contribution in [1.82, 2.24) is 5.32 Å². The summed E-state index contributed by atoms with van der Waals surface area (Å²) < 4.78 is 12.8. The molecule has 0 bridgehead atoms. The summed E-state index contributed by atoms with van der Waals surface area (Å²) in [7, 11) is 0. The predicted molar refractivity (Wildman–Crippen MR) is 214 cm³/mol. The molecule has 1 aromatic heterocycles. The highest BCUT2D eigenvalue weighted by Crippen LogP contribution is 2.56. The molecular formula is C46H43N3O2S. The molecule has 260 valence electrons. The fraction of sp³-hybridized carbons (Fsp3) is 0.326. The number of nitrogens with two attached hydrogens (primary N) is 1. The average Bonchev–Trinajstić information content (AvgIpc) is 3.86. The third kappa shape index (κ3) is 5.53. The van der Waals surface area contributed by atoms with Gasteiger partial charge in [-0.05, 0) is 84.9 Å². The van der Waals surface area contributed by atoms with E-state index >= 15 is 0 Å². The number of nitrogens with zero attached hydrogens (tertiary/aromatic N) is 1. The Labute approximate surface area is 309 Å². The number of aliphatic imine (C=N–C) groups is 1. The van der Waals surface area contributed by atoms with E-state index in [4.69, 9.17) is 19.9 Å². The number of hydrogen-bond acceptors (Lipinski definition) is 5. The van der Waals surface area contributed by atoms with Gasteiger partial charge in [0.1, 0.15) is 28.9 Å². The van der Waals surface area contributed by atoms with Gasteiger partial charge in [-0.15, -0.1) is 11.8 Å². The molecule has 3 aromatic carbocycles. The van der Waals surface area contributed by atoms with Crippen molar-refractivity contribution in [2.75, 3.05) is 0 Å². The summed E-state index contributed by atoms with van der Waals surface area (Å²) in [5.74, 6) is 9.16. The van der Waals surface area contributed by atoms with Crippen LogP contribution in [-0.4, -0.2) is 17.2 Å². The molecule has 1 fully saturated rings. The van der Waals surface area contributed by atoms with Crippen molar-refractivity contribution in [3.63, 3.8) is 0 Å². The minimum absolute atomic E-state index is 0.0595. The quantitative estimate of drug-likeness (QED) is 0.0906. The monoisotopic (exact) mass is 701 g/mol. The van der Waals surface area contributed by atoms with Crippen LogP contribution in [0.3, 0.4) is 0 Å². The molecule has 4 aliphatic carbocycles. The van der Waals surface area contributed by atoms with Crippen molar-refractivity contribution in [3.8, 4) is 17.6 Å². The third-order valence-corrected chi connectivity index (χ3v) is 13.4. The van der Waals surface area contributed by atoms with Gasteiger partial charge in [0.15, 0.2) is 6.10 Å². The second kappa shape index (κ2) is 13.0. The minimum atomic E-state index is -0.309. The lowest BCUT2D eigenvalue weighted by Gasteiger charge is -2.29. The van der Waals surface area contributed by atoms with Gasteiger partial charge in [0.25, 0.3) is 0 Å². The molecule has 2 aliphatic heterocycles. The van der Waals surface area contributed by atoms with Crippen molar-refractivity contribution in [2.24, 2.45) is 28.5 Å². The van der Waals surface area contributed by atoms with Crippen LogP contribution in [-0.2, 0) is 0 Å². The molecule has 4 aromatic rings. The Morgan fingerprint density at radius 2 is 1.88 bits per heavy atom. The summed E-state index contributed by atoms with van der Waals surface area (Å²) in [6.07, 6.45) is 21.3. The molecule has 7 atom stereocenters. The summed E-state index contributed by atoms with van der Waals surface area (Å²) >= 11 is 2.05. The van der Waals surface area contributed by atoms with Gasteiger partial charge >= 0.3 is 0 Å². The van der Waals surface area contributed by atoms with Crippen molar-refractivity contribution in [3.05, 3.63) is 130 Å². The fourth-order valence-corrected chi connectivity index (χ4v) is 10.8. The maximum atomic E-state index is 7.02. The van der Waals surface area contributed by atoms with Gasteiger partial charge in [0, 0.05) is 44.5 Å². The summed E-state index contributed by atoms with van der Waals surface area (Å²) in [5, 5.41) is 6.37. The van der Waals surface area contributed by atoms with Crippen LogP contribution in [0.1, 0.15) is 80.6 Å². The van der Waals surface area contributed by atoms with Crippen LogP contribution in [0.5, 0.6) is 5.75 Å². The first-order valence-corrected chi connectivity index (χ1v) is 19.9. The first kappa shape index (κ1) is 31.8. The van der Waals surface area contributed by atoms with Crippen LogP contribution >= 0.6 is 11.8 Å². The van der Waals surface area contributed by atoms with E-state index in [9.17, 15) is 0 Å². The fourth-order valence-electron chi connectivity index (χ4n) is 9.20. The van der Waals surface area contributed by atoms with E-state index in [0.29, 0.717) is 22.9 Å². The van der Waals surface area contributed by atoms with Gasteiger partial charge < -0.3 is 20.2 Å². The van der Waals surface area contributed by atoms with Gasteiger partial charge in [0.2, 0.25) is 0 Å². The van der Waals surface area contributed by atoms with Crippen LogP contribution in [0, 0.1) is 29.6 Å². The van der Waals surface area contributed by atoms with Gasteiger partial charge in [-0.25, -0.2) is 4.99 Å². The number of thioether (sulfide) groups is 1. The number of furan rings is 1. The third-order valence-electron chi connectivity index (χ3n) is 12.0. The largest absolute Gasteiger partial charge is 0.476 e. The van der Waals surface area contributed by atoms with E-state index < -0.39 is 0 Å². The molecule has 0 saturated heterocycles. The second-order valence-corrected chi connectivity index (χ2v) is 16.5. The number of fused-ring (bicyclic) bond motifs is 8. The predicted octanol–water partition coefficient (Wildman–Crippen LogP) is 10.5. The lowest BCUT2D eigenvalue weighted by atomic mass is 9.76. The number of allylic oxidation sites excluding steroid dienone is 6. The highest BCUT2D eigenvalue weighted by Gasteiger charge is 2.41. The topological polar surface area (TPSA) is 72.8 Å². The van der Waals surface area contributed by atoms with Crippen molar-refractivity contribution < 1.29 is 9.15 Å². The molecule has 3 heterocycles. The molecule has 52 heavy (non-hydrogen) atoms. The summed E-state index contributed by atoms with van der Waals surface area (Å²) in [6, 6.07) is 21.4. The zero-order valence-corrected chi connectivity index (χ0v) is 30.3. The molecule has 0 amide bonds. The highest BCUT2D eigenvalue weighted by molar-refractivity contribution is 8.04. The highest BCUT2D eigenvalue weighted by atomic mass is 32.2. The van der Waals surface area contributed by atoms with Crippen LogP contribution in [0.4, 0.5) is 0 Å². The number of para-hydroxylation sites is 2. The average molecular weight is 702 g/mol. The first-order valence-electron chi connectivity index (χ1n) is 19.0. The molecule has 6 aliphatic rings. The van der Waals surface area contributed by atoms with Crippen molar-refractivity contribution >= 4 is 45.1 Å². The normalized spacial score (nSPS) is 28.0. The van der Waals surface area contributed by atoms with E-state index in [-0.39, 0.29) is 24.1 Å². The van der Waals surface area contributed by atoms with Crippen LogP contribution in [0.15, 0.2) is 123 Å². The van der Waals surface area contributed by atoms with Crippen molar-refractivity contribution in [1.29, 1.82) is 0 Å². The van der Waals surface area contributed by atoms with Gasteiger partial charge in [-0.2, -0.15) is 0 Å². The van der Waals surface area contributed by atoms with Gasteiger partial charge in [-0.1, -0.05) is 104 Å². The molecule has 0 spiro atoms. The van der Waals surface area contributed by atoms with Crippen LogP contribution in [0.2, 0.25) is 0 Å². The Morgan fingerprint density at radius 1 is 1.00 bits per heavy atom. The number of benzene rings is 3. The lowest BCUT2D eigenvalue weighted by molar-refractivity contribution is 0.278. The molecule has 0 radical (unpaired) electrons. The van der Waals surface area contributed by atoms with Crippen molar-refractivity contribution in [2.45, 2.75) is 75.3 Å². The standard InChI is InChI=1S/C46H43N3O2S/c1-27-22-43-38(25-36(27)35-15-9-14-34-32-13-6-8-17-40(32)51-44(34)35)37-23-29(19-21-42(37)52-43)45(47)49-46(48-26-28-10-3-2-4-11-28)30-18-20-33-31-12-5-7-16-39(31)50-41(33)24-30/h5-7,9,12-16,18-21,24-27,29,32,37,40,42,46,48H,2-4,10-11,22-23H2,1H3,(H2,47,49). The van der Waals surface area contributed by atoms with E-state index in [2.05, 4.69) is 115 Å². The van der Waals surface area contributed by atoms with Gasteiger partial charge in [0.05, 0.1) is 5.92 Å². The van der Waals surface area contributed by atoms with E-state index in [0.717, 1.165) is 58.9 Å². The molecule has 10 rings (SSSR count). The minimum Gasteiger partial charge on any atom is -0.476 e. The Morgan fingerprint density at radius 3 is 2.81 bits per heavy atom. The second-order valence-electron chi connectivity index (χ2n) is 15.3. The zero-order chi connectivity index (χ0) is 34.8. The molecule has 7 unspecified atom stereocenters. The Kier molecular flexibility index (Phi) is 7.94. The number of nitrogens with one attached hydrogen (secondary N) is 1. The Hall–Kier alpha value is -4.86. The number of hydrogen-bond donors (Lipinski definition) is 2. The number of ether oxygens (including phenoxy) is 1.